The summed E-state index contributed by atoms with van der Waals surface area (Å²) in [7, 11) is 1.44. The predicted octanol–water partition coefficient (Wildman–Crippen LogP) is 2.20. The van der Waals surface area contributed by atoms with Gasteiger partial charge < -0.3 is 20.1 Å². The lowest BCUT2D eigenvalue weighted by molar-refractivity contribution is -0.274. The molecule has 2 amide bonds. The minimum atomic E-state index is -4.75. The highest BCUT2D eigenvalue weighted by atomic mass is 19.4. The van der Waals surface area contributed by atoms with Crippen LogP contribution in [0, 0.1) is 0 Å². The van der Waals surface area contributed by atoms with Crippen molar-refractivity contribution in [2.75, 3.05) is 13.6 Å². The van der Waals surface area contributed by atoms with E-state index in [1.54, 1.807) is 0 Å². The van der Waals surface area contributed by atoms with Gasteiger partial charge in [-0.05, 0) is 17.7 Å². The first-order valence-electron chi connectivity index (χ1n) is 6.23. The van der Waals surface area contributed by atoms with Gasteiger partial charge in [-0.1, -0.05) is 12.1 Å². The van der Waals surface area contributed by atoms with Gasteiger partial charge in [-0.15, -0.1) is 13.2 Å². The molecule has 22 heavy (non-hydrogen) atoms. The van der Waals surface area contributed by atoms with Gasteiger partial charge in [0.1, 0.15) is 5.75 Å². The maximum absolute atomic E-state index is 12.0. The predicted molar refractivity (Wildman–Crippen MR) is 70.2 cm³/mol. The summed E-state index contributed by atoms with van der Waals surface area (Å²) < 4.78 is 39.7. The van der Waals surface area contributed by atoms with Gasteiger partial charge in [0, 0.05) is 20.1 Å². The highest BCUT2D eigenvalue weighted by Crippen LogP contribution is 2.22. The molecule has 0 spiro atoms. The normalized spacial score (nSPS) is 10.9. The summed E-state index contributed by atoms with van der Waals surface area (Å²) in [5, 5.41) is 11.0. The molecule has 2 N–H and O–H groups in total. The van der Waals surface area contributed by atoms with Crippen molar-refractivity contribution in [3.05, 3.63) is 29.8 Å². The van der Waals surface area contributed by atoms with E-state index in [2.05, 4.69) is 10.1 Å². The Morgan fingerprint density at radius 2 is 1.86 bits per heavy atom. The van der Waals surface area contributed by atoms with Crippen molar-refractivity contribution in [1.29, 1.82) is 0 Å². The van der Waals surface area contributed by atoms with E-state index in [9.17, 15) is 22.8 Å². The van der Waals surface area contributed by atoms with Crippen molar-refractivity contribution in [3.8, 4) is 5.75 Å². The molecule has 0 aliphatic heterocycles. The van der Waals surface area contributed by atoms with Crippen LogP contribution in [0.2, 0.25) is 0 Å². The molecule has 9 heteroatoms. The molecule has 0 aromatic heterocycles. The second-order valence-corrected chi connectivity index (χ2v) is 4.42. The molecule has 0 atom stereocenters. The van der Waals surface area contributed by atoms with Gasteiger partial charge in [-0.25, -0.2) is 4.79 Å². The summed E-state index contributed by atoms with van der Waals surface area (Å²) in [5.74, 6) is -1.36. The topological polar surface area (TPSA) is 78.9 Å². The molecule has 1 aromatic rings. The molecule has 6 nitrogen and oxygen atoms in total. The van der Waals surface area contributed by atoms with Gasteiger partial charge in [0.15, 0.2) is 0 Å². The number of urea groups is 1. The number of halogens is 3. The summed E-state index contributed by atoms with van der Waals surface area (Å²) >= 11 is 0. The fourth-order valence-electron chi connectivity index (χ4n) is 1.49. The summed E-state index contributed by atoms with van der Waals surface area (Å²) in [4.78, 5) is 23.2. The molecule has 0 aliphatic carbocycles. The minimum Gasteiger partial charge on any atom is -0.481 e. The van der Waals surface area contributed by atoms with Crippen molar-refractivity contribution in [2.24, 2.45) is 0 Å². The zero-order valence-electron chi connectivity index (χ0n) is 11.7. The van der Waals surface area contributed by atoms with Crippen molar-refractivity contribution < 1.29 is 32.6 Å². The van der Waals surface area contributed by atoms with Gasteiger partial charge in [0.05, 0.1) is 6.42 Å². The maximum Gasteiger partial charge on any atom is 0.573 e. The summed E-state index contributed by atoms with van der Waals surface area (Å²) in [5.41, 5.74) is 0.578. The van der Waals surface area contributed by atoms with Gasteiger partial charge in [0.25, 0.3) is 0 Å². The van der Waals surface area contributed by atoms with Crippen LogP contribution >= 0.6 is 0 Å². The maximum atomic E-state index is 12.0. The van der Waals surface area contributed by atoms with Crippen LogP contribution in [-0.2, 0) is 11.3 Å². The third-order valence-corrected chi connectivity index (χ3v) is 2.61. The molecule has 0 unspecified atom stereocenters. The fourth-order valence-corrected chi connectivity index (χ4v) is 1.49. The number of ether oxygens (including phenoxy) is 1. The van der Waals surface area contributed by atoms with E-state index in [1.807, 2.05) is 0 Å². The highest BCUT2D eigenvalue weighted by molar-refractivity contribution is 5.75. The number of hydrogen-bond donors (Lipinski definition) is 2. The van der Waals surface area contributed by atoms with E-state index in [-0.39, 0.29) is 25.3 Å². The Bertz CT molecular complexity index is 517. The first-order chi connectivity index (χ1) is 10.2. The third-order valence-electron chi connectivity index (χ3n) is 2.61. The van der Waals surface area contributed by atoms with Crippen LogP contribution in [0.5, 0.6) is 5.75 Å². The Hall–Kier alpha value is -2.45. The quantitative estimate of drug-likeness (QED) is 0.842. The number of nitrogens with one attached hydrogen (secondary N) is 1. The number of benzene rings is 1. The second kappa shape index (κ2) is 7.53. The molecular formula is C13H15F3N2O4. The van der Waals surface area contributed by atoms with Crippen LogP contribution in [0.3, 0.4) is 0 Å². The molecule has 0 bridgehead atoms. The van der Waals surface area contributed by atoms with Gasteiger partial charge >= 0.3 is 18.4 Å². The lowest BCUT2D eigenvalue weighted by Gasteiger charge is -2.17. The minimum absolute atomic E-state index is 0.0551. The number of aliphatic carboxylic acids is 1. The van der Waals surface area contributed by atoms with Crippen LogP contribution < -0.4 is 10.1 Å². The Morgan fingerprint density at radius 1 is 1.27 bits per heavy atom. The van der Waals surface area contributed by atoms with Crippen molar-refractivity contribution in [3.63, 3.8) is 0 Å². The molecule has 0 aliphatic rings. The zero-order valence-corrected chi connectivity index (χ0v) is 11.7. The summed E-state index contributed by atoms with van der Waals surface area (Å²) in [6, 6.07) is 4.58. The number of carboxylic acids is 1. The van der Waals surface area contributed by atoms with Gasteiger partial charge in [-0.3, -0.25) is 4.79 Å². The van der Waals surface area contributed by atoms with E-state index in [0.29, 0.717) is 5.56 Å². The number of carbonyl (C=O) groups excluding carboxylic acids is 1. The standard InChI is InChI=1S/C13H15F3N2O4/c1-18(7-6-11(19)20)12(21)17-8-9-2-4-10(5-3-9)22-13(14,15)16/h2-5H,6-8H2,1H3,(H,17,21)(H,19,20). The highest BCUT2D eigenvalue weighted by Gasteiger charge is 2.30. The monoisotopic (exact) mass is 320 g/mol. The third kappa shape index (κ3) is 6.82. The molecule has 0 heterocycles. The number of nitrogens with zero attached hydrogens (tertiary/aromatic N) is 1. The lowest BCUT2D eigenvalue weighted by Crippen LogP contribution is -2.37. The number of carboxylic acid groups (broad SMARTS) is 1. The number of alkyl halides is 3. The average molecular weight is 320 g/mol. The van der Waals surface area contributed by atoms with Crippen LogP contribution in [-0.4, -0.2) is 42.0 Å². The lowest BCUT2D eigenvalue weighted by atomic mass is 10.2. The SMILES string of the molecule is CN(CCC(=O)O)C(=O)NCc1ccc(OC(F)(F)F)cc1. The first-order valence-corrected chi connectivity index (χ1v) is 6.23. The Labute approximate surface area is 124 Å². The molecule has 122 valence electrons. The number of carbonyl (C=O) groups is 2. The second-order valence-electron chi connectivity index (χ2n) is 4.42. The largest absolute Gasteiger partial charge is 0.573 e. The van der Waals surface area contributed by atoms with Gasteiger partial charge in [-0.2, -0.15) is 0 Å². The van der Waals surface area contributed by atoms with E-state index in [4.69, 9.17) is 5.11 Å². The van der Waals surface area contributed by atoms with Crippen LogP contribution in [0.4, 0.5) is 18.0 Å². The Kier molecular flexibility index (Phi) is 6.02. The molecule has 1 rings (SSSR count). The summed E-state index contributed by atoms with van der Waals surface area (Å²) in [6.07, 6.45) is -4.92. The smallest absolute Gasteiger partial charge is 0.481 e. The molecule has 0 saturated carbocycles. The summed E-state index contributed by atoms with van der Waals surface area (Å²) in [6.45, 7) is 0.155. The van der Waals surface area contributed by atoms with E-state index < -0.39 is 18.4 Å². The molecule has 0 radical (unpaired) electrons. The van der Waals surface area contributed by atoms with Crippen molar-refractivity contribution in [1.82, 2.24) is 10.2 Å². The number of rotatable bonds is 6. The van der Waals surface area contributed by atoms with Crippen molar-refractivity contribution in [2.45, 2.75) is 19.3 Å². The molecule has 1 aromatic carbocycles. The molecule has 0 saturated heterocycles. The van der Waals surface area contributed by atoms with Crippen LogP contribution in [0.15, 0.2) is 24.3 Å². The van der Waals surface area contributed by atoms with Crippen molar-refractivity contribution >= 4 is 12.0 Å². The van der Waals surface area contributed by atoms with Crippen LogP contribution in [0.25, 0.3) is 0 Å². The zero-order chi connectivity index (χ0) is 16.8. The van der Waals surface area contributed by atoms with Gasteiger partial charge in [0.2, 0.25) is 0 Å². The number of amides is 2. The van der Waals surface area contributed by atoms with E-state index in [1.165, 1.54) is 24.1 Å². The average Bonchev–Trinajstić information content (AvgIpc) is 2.42. The van der Waals surface area contributed by atoms with E-state index in [0.717, 1.165) is 12.1 Å². The molecular weight excluding hydrogens is 305 g/mol. The van der Waals surface area contributed by atoms with Crippen LogP contribution in [0.1, 0.15) is 12.0 Å². The Morgan fingerprint density at radius 3 is 2.36 bits per heavy atom. The van der Waals surface area contributed by atoms with E-state index >= 15 is 0 Å². The Balaban J connectivity index is 2.44. The number of hydrogen-bond acceptors (Lipinski definition) is 3. The fraction of sp³-hybridized carbons (Fsp3) is 0.385. The first kappa shape index (κ1) is 17.6. The molecule has 0 fully saturated rings.